The van der Waals surface area contributed by atoms with Crippen molar-refractivity contribution in [3.8, 4) is 5.75 Å². The van der Waals surface area contributed by atoms with Crippen LogP contribution in [0.5, 0.6) is 5.75 Å². The zero-order chi connectivity index (χ0) is 18.3. The molecule has 8 heteroatoms. The third-order valence-electron chi connectivity index (χ3n) is 3.98. The van der Waals surface area contributed by atoms with Gasteiger partial charge in [0, 0.05) is 21.9 Å². The molecule has 0 spiro atoms. The van der Waals surface area contributed by atoms with E-state index in [-0.39, 0.29) is 4.88 Å². The molecular weight excluding hydrogens is 375 g/mol. The highest BCUT2D eigenvalue weighted by molar-refractivity contribution is 7.98. The van der Waals surface area contributed by atoms with Gasteiger partial charge in [-0.25, -0.2) is 14.2 Å². The SMILES string of the molecule is COc1ccc2nc(SCc3c(C(=O)O)sc4cccc(F)c34)[nH]c2c1. The summed E-state index contributed by atoms with van der Waals surface area (Å²) in [5.41, 5.74) is 2.10. The van der Waals surface area contributed by atoms with Crippen molar-refractivity contribution in [2.24, 2.45) is 0 Å². The number of rotatable bonds is 5. The fourth-order valence-corrected chi connectivity index (χ4v) is 4.86. The Balaban J connectivity index is 1.69. The number of carbonyl (C=O) groups is 1. The molecule has 4 aromatic rings. The van der Waals surface area contributed by atoms with Crippen LogP contribution in [0.15, 0.2) is 41.6 Å². The molecule has 0 unspecified atom stereocenters. The molecule has 0 amide bonds. The maximum absolute atomic E-state index is 14.3. The van der Waals surface area contributed by atoms with Gasteiger partial charge in [0.25, 0.3) is 0 Å². The van der Waals surface area contributed by atoms with Crippen LogP contribution in [0, 0.1) is 5.82 Å². The van der Waals surface area contributed by atoms with Gasteiger partial charge in [-0.1, -0.05) is 17.8 Å². The smallest absolute Gasteiger partial charge is 0.346 e. The maximum atomic E-state index is 14.3. The molecule has 26 heavy (non-hydrogen) atoms. The monoisotopic (exact) mass is 388 g/mol. The number of benzene rings is 2. The lowest BCUT2D eigenvalue weighted by Crippen LogP contribution is -1.97. The summed E-state index contributed by atoms with van der Waals surface area (Å²) in [5.74, 6) is -0.428. The predicted molar refractivity (Wildman–Crippen MR) is 101 cm³/mol. The van der Waals surface area contributed by atoms with Gasteiger partial charge in [-0.2, -0.15) is 0 Å². The van der Waals surface area contributed by atoms with Crippen molar-refractivity contribution in [1.82, 2.24) is 9.97 Å². The number of nitrogens with one attached hydrogen (secondary N) is 1. The molecule has 2 aromatic carbocycles. The lowest BCUT2D eigenvalue weighted by atomic mass is 10.1. The van der Waals surface area contributed by atoms with E-state index in [1.165, 1.54) is 17.8 Å². The summed E-state index contributed by atoms with van der Waals surface area (Å²) < 4.78 is 20.1. The molecule has 2 aromatic heterocycles. The first-order valence-electron chi connectivity index (χ1n) is 7.66. The first-order valence-corrected chi connectivity index (χ1v) is 9.47. The average molecular weight is 388 g/mol. The molecule has 132 valence electrons. The van der Waals surface area contributed by atoms with Crippen LogP contribution in [-0.2, 0) is 5.75 Å². The van der Waals surface area contributed by atoms with E-state index in [4.69, 9.17) is 4.74 Å². The Labute approximate surface area is 155 Å². The van der Waals surface area contributed by atoms with Gasteiger partial charge in [-0.15, -0.1) is 11.3 Å². The van der Waals surface area contributed by atoms with E-state index >= 15 is 0 Å². The number of aromatic carboxylic acids is 1. The van der Waals surface area contributed by atoms with Gasteiger partial charge in [0.15, 0.2) is 5.16 Å². The first kappa shape index (κ1) is 16.9. The van der Waals surface area contributed by atoms with Gasteiger partial charge < -0.3 is 14.8 Å². The summed E-state index contributed by atoms with van der Waals surface area (Å²) in [4.78, 5) is 19.4. The van der Waals surface area contributed by atoms with Crippen LogP contribution in [0.3, 0.4) is 0 Å². The summed E-state index contributed by atoms with van der Waals surface area (Å²) >= 11 is 2.43. The van der Waals surface area contributed by atoms with Crippen LogP contribution in [0.2, 0.25) is 0 Å². The van der Waals surface area contributed by atoms with Crippen LogP contribution in [0.4, 0.5) is 4.39 Å². The highest BCUT2D eigenvalue weighted by Gasteiger charge is 2.20. The van der Waals surface area contributed by atoms with Gasteiger partial charge in [0.1, 0.15) is 16.4 Å². The number of methoxy groups -OCH3 is 1. The van der Waals surface area contributed by atoms with E-state index in [0.717, 1.165) is 28.1 Å². The number of aromatic amines is 1. The number of thioether (sulfide) groups is 1. The van der Waals surface area contributed by atoms with E-state index in [9.17, 15) is 14.3 Å². The Morgan fingerprint density at radius 1 is 1.38 bits per heavy atom. The van der Waals surface area contributed by atoms with Crippen LogP contribution >= 0.6 is 23.1 Å². The van der Waals surface area contributed by atoms with E-state index in [2.05, 4.69) is 9.97 Å². The molecule has 0 bridgehead atoms. The molecule has 0 fully saturated rings. The molecule has 0 aliphatic rings. The minimum Gasteiger partial charge on any atom is -0.497 e. The standard InChI is InChI=1S/C18H13FN2O3S2/c1-24-9-5-6-12-13(7-9)21-18(20-12)25-8-10-15-11(19)3-2-4-14(15)26-16(10)17(22)23/h2-7H,8H2,1H3,(H,20,21)(H,22,23). The Bertz CT molecular complexity index is 1140. The van der Waals surface area contributed by atoms with Gasteiger partial charge in [-0.05, 0) is 29.8 Å². The highest BCUT2D eigenvalue weighted by atomic mass is 32.2. The second-order valence-corrected chi connectivity index (χ2v) is 7.56. The van der Waals surface area contributed by atoms with Crippen molar-refractivity contribution in [3.05, 3.63) is 52.7 Å². The van der Waals surface area contributed by atoms with Crippen molar-refractivity contribution in [2.45, 2.75) is 10.9 Å². The summed E-state index contributed by atoms with van der Waals surface area (Å²) in [6.45, 7) is 0. The average Bonchev–Trinajstić information content (AvgIpc) is 3.20. The van der Waals surface area contributed by atoms with Crippen molar-refractivity contribution in [3.63, 3.8) is 0 Å². The molecule has 2 heterocycles. The molecule has 5 nitrogen and oxygen atoms in total. The molecular formula is C18H13FN2O3S2. The van der Waals surface area contributed by atoms with Crippen molar-refractivity contribution in [1.29, 1.82) is 0 Å². The molecule has 4 rings (SSSR count). The maximum Gasteiger partial charge on any atom is 0.346 e. The van der Waals surface area contributed by atoms with E-state index < -0.39 is 11.8 Å². The molecule has 0 saturated heterocycles. The number of nitrogens with zero attached hydrogens (tertiary/aromatic N) is 1. The molecule has 0 aliphatic heterocycles. The van der Waals surface area contributed by atoms with E-state index in [1.54, 1.807) is 19.2 Å². The lowest BCUT2D eigenvalue weighted by Gasteiger charge is -2.01. The van der Waals surface area contributed by atoms with Crippen LogP contribution in [0.1, 0.15) is 15.2 Å². The van der Waals surface area contributed by atoms with Gasteiger partial charge >= 0.3 is 5.97 Å². The number of fused-ring (bicyclic) bond motifs is 2. The number of carboxylic acid groups (broad SMARTS) is 1. The second kappa shape index (κ2) is 6.62. The van der Waals surface area contributed by atoms with Gasteiger partial charge in [0.2, 0.25) is 0 Å². The van der Waals surface area contributed by atoms with Crippen LogP contribution < -0.4 is 4.74 Å². The van der Waals surface area contributed by atoms with Crippen molar-refractivity contribution >= 4 is 50.2 Å². The zero-order valence-electron chi connectivity index (χ0n) is 13.6. The van der Waals surface area contributed by atoms with Gasteiger partial charge in [-0.3, -0.25) is 0 Å². The van der Waals surface area contributed by atoms with Crippen molar-refractivity contribution in [2.75, 3.05) is 7.11 Å². The summed E-state index contributed by atoms with van der Waals surface area (Å²) in [6, 6.07) is 10.2. The normalized spacial score (nSPS) is 11.3. The number of halogens is 1. The third kappa shape index (κ3) is 2.91. The Morgan fingerprint density at radius 3 is 3.00 bits per heavy atom. The van der Waals surface area contributed by atoms with Crippen LogP contribution in [0.25, 0.3) is 21.1 Å². The molecule has 0 saturated carbocycles. The Kier molecular flexibility index (Phi) is 4.29. The van der Waals surface area contributed by atoms with Crippen molar-refractivity contribution < 1.29 is 19.0 Å². The lowest BCUT2D eigenvalue weighted by molar-refractivity contribution is 0.0701. The summed E-state index contributed by atoms with van der Waals surface area (Å²) in [5, 5.41) is 10.5. The van der Waals surface area contributed by atoms with Crippen LogP contribution in [-0.4, -0.2) is 28.2 Å². The predicted octanol–water partition coefficient (Wildman–Crippen LogP) is 4.92. The number of imidazole rings is 1. The number of aromatic nitrogens is 2. The number of thiophene rings is 1. The molecule has 0 atom stereocenters. The second-order valence-electron chi connectivity index (χ2n) is 5.54. The number of H-pyrrole nitrogens is 1. The largest absolute Gasteiger partial charge is 0.497 e. The summed E-state index contributed by atoms with van der Waals surface area (Å²) in [6.07, 6.45) is 0. The highest BCUT2D eigenvalue weighted by Crippen LogP contribution is 2.37. The minimum atomic E-state index is -1.05. The molecule has 0 aliphatic carbocycles. The number of ether oxygens (including phenoxy) is 1. The fourth-order valence-electron chi connectivity index (χ4n) is 2.78. The molecule has 2 N–H and O–H groups in total. The summed E-state index contributed by atoms with van der Waals surface area (Å²) in [7, 11) is 1.59. The number of hydrogen-bond acceptors (Lipinski definition) is 5. The number of carboxylic acids is 1. The fraction of sp³-hybridized carbons (Fsp3) is 0.111. The van der Waals surface area contributed by atoms with Gasteiger partial charge in [0.05, 0.1) is 18.1 Å². The third-order valence-corrected chi connectivity index (χ3v) is 6.06. The zero-order valence-corrected chi connectivity index (χ0v) is 15.2. The van der Waals surface area contributed by atoms with E-state index in [0.29, 0.717) is 26.6 Å². The van der Waals surface area contributed by atoms with E-state index in [1.807, 2.05) is 18.2 Å². The Hall–Kier alpha value is -2.58. The topological polar surface area (TPSA) is 75.2 Å². The number of hydrogen-bond donors (Lipinski definition) is 2. The minimum absolute atomic E-state index is 0.162. The Morgan fingerprint density at radius 2 is 2.23 bits per heavy atom. The molecule has 0 radical (unpaired) electrons. The first-order chi connectivity index (χ1) is 12.6. The quantitative estimate of drug-likeness (QED) is 0.475.